The van der Waals surface area contributed by atoms with Gasteiger partial charge in [-0.15, -0.1) is 0 Å². The fourth-order valence-electron chi connectivity index (χ4n) is 3.29. The lowest BCUT2D eigenvalue weighted by Crippen LogP contribution is -2.33. The second kappa shape index (κ2) is 9.16. The zero-order valence-corrected chi connectivity index (χ0v) is 13.6. The predicted molar refractivity (Wildman–Crippen MR) is 87.4 cm³/mol. The normalized spacial score (nSPS) is 22.6. The summed E-state index contributed by atoms with van der Waals surface area (Å²) in [7, 11) is 0. The second-order valence-corrected chi connectivity index (χ2v) is 6.01. The lowest BCUT2D eigenvalue weighted by Gasteiger charge is -2.32. The molecule has 2 rings (SSSR count). The molecular weight excluding hydrogens is 260 g/mol. The van der Waals surface area contributed by atoms with Crippen LogP contribution >= 0.6 is 0 Å². The van der Waals surface area contributed by atoms with Crippen LogP contribution in [-0.4, -0.2) is 42.2 Å². The van der Waals surface area contributed by atoms with Crippen LogP contribution in [0.15, 0.2) is 24.4 Å². The van der Waals surface area contributed by atoms with Crippen LogP contribution in [0.3, 0.4) is 0 Å². The quantitative estimate of drug-likeness (QED) is 0.732. The summed E-state index contributed by atoms with van der Waals surface area (Å²) in [4.78, 5) is 6.91. The summed E-state index contributed by atoms with van der Waals surface area (Å²) >= 11 is 0. The van der Waals surface area contributed by atoms with E-state index in [1.54, 1.807) is 0 Å². The van der Waals surface area contributed by atoms with Gasteiger partial charge in [-0.3, -0.25) is 4.98 Å². The fourth-order valence-corrected chi connectivity index (χ4v) is 3.29. The van der Waals surface area contributed by atoms with Gasteiger partial charge in [-0.2, -0.15) is 0 Å². The smallest absolute Gasteiger partial charge is 0.0607 e. The van der Waals surface area contributed by atoms with Crippen LogP contribution in [0.25, 0.3) is 0 Å². The first kappa shape index (κ1) is 16.4. The van der Waals surface area contributed by atoms with Crippen molar-refractivity contribution in [2.24, 2.45) is 5.92 Å². The molecule has 3 heteroatoms. The molecule has 0 unspecified atom stereocenters. The average molecular weight is 290 g/mol. The fraction of sp³-hybridized carbons (Fsp3) is 0.722. The van der Waals surface area contributed by atoms with E-state index in [9.17, 15) is 0 Å². The van der Waals surface area contributed by atoms with E-state index in [1.807, 2.05) is 12.3 Å². The van der Waals surface area contributed by atoms with Gasteiger partial charge in [0.25, 0.3) is 0 Å². The molecule has 0 aromatic carbocycles. The number of hydrogen-bond donors (Lipinski definition) is 0. The molecular formula is C18H30N2O. The van der Waals surface area contributed by atoms with E-state index >= 15 is 0 Å². The number of aromatic nitrogens is 1. The van der Waals surface area contributed by atoms with Crippen molar-refractivity contribution >= 4 is 0 Å². The van der Waals surface area contributed by atoms with Crippen LogP contribution in [0.1, 0.15) is 45.2 Å². The Morgan fingerprint density at radius 3 is 2.71 bits per heavy atom. The summed E-state index contributed by atoms with van der Waals surface area (Å²) < 4.78 is 6.23. The number of pyridine rings is 1. The molecule has 1 aliphatic carbocycles. The van der Waals surface area contributed by atoms with E-state index in [4.69, 9.17) is 4.74 Å². The molecule has 1 aromatic rings. The number of likely N-dealkylation sites (N-methyl/N-ethyl adjacent to an activating group) is 1. The Morgan fingerprint density at radius 2 is 2.00 bits per heavy atom. The van der Waals surface area contributed by atoms with Gasteiger partial charge in [-0.05, 0) is 50.4 Å². The Kier molecular flexibility index (Phi) is 7.17. The van der Waals surface area contributed by atoms with Gasteiger partial charge in [-0.1, -0.05) is 32.8 Å². The van der Waals surface area contributed by atoms with E-state index in [0.29, 0.717) is 12.0 Å². The summed E-state index contributed by atoms with van der Waals surface area (Å²) in [5, 5.41) is 0. The van der Waals surface area contributed by atoms with E-state index in [2.05, 4.69) is 35.9 Å². The third-order valence-electron chi connectivity index (χ3n) is 4.67. The highest BCUT2D eigenvalue weighted by Gasteiger charge is 2.26. The molecule has 0 aliphatic heterocycles. The van der Waals surface area contributed by atoms with Crippen molar-refractivity contribution in [3.63, 3.8) is 0 Å². The molecule has 3 nitrogen and oxygen atoms in total. The Bertz CT molecular complexity index is 378. The van der Waals surface area contributed by atoms with Gasteiger partial charge in [0.1, 0.15) is 0 Å². The largest absolute Gasteiger partial charge is 0.377 e. The molecule has 0 radical (unpaired) electrons. The Labute approximate surface area is 129 Å². The van der Waals surface area contributed by atoms with Crippen LogP contribution < -0.4 is 0 Å². The van der Waals surface area contributed by atoms with Crippen molar-refractivity contribution < 1.29 is 4.74 Å². The molecule has 1 heterocycles. The Hall–Kier alpha value is -0.930. The van der Waals surface area contributed by atoms with Crippen molar-refractivity contribution in [2.45, 2.75) is 52.1 Å². The van der Waals surface area contributed by atoms with E-state index in [-0.39, 0.29) is 0 Å². The minimum atomic E-state index is 0.427. The Morgan fingerprint density at radius 1 is 1.19 bits per heavy atom. The first-order chi connectivity index (χ1) is 10.3. The zero-order valence-electron chi connectivity index (χ0n) is 13.6. The molecule has 118 valence electrons. The first-order valence-electron chi connectivity index (χ1n) is 8.57. The number of ether oxygens (including phenoxy) is 1. The summed E-state index contributed by atoms with van der Waals surface area (Å²) in [6, 6.07) is 6.21. The van der Waals surface area contributed by atoms with Crippen LogP contribution in [0.5, 0.6) is 0 Å². The highest BCUT2D eigenvalue weighted by atomic mass is 16.5. The van der Waals surface area contributed by atoms with Crippen molar-refractivity contribution in [1.82, 2.24) is 9.88 Å². The minimum Gasteiger partial charge on any atom is -0.377 e. The summed E-state index contributed by atoms with van der Waals surface area (Å²) in [5.41, 5.74) is 1.21. The minimum absolute atomic E-state index is 0.427. The topological polar surface area (TPSA) is 25.4 Å². The lowest BCUT2D eigenvalue weighted by atomic mass is 9.83. The second-order valence-electron chi connectivity index (χ2n) is 6.01. The lowest BCUT2D eigenvalue weighted by molar-refractivity contribution is -0.0185. The molecule has 2 atom stereocenters. The maximum absolute atomic E-state index is 6.23. The summed E-state index contributed by atoms with van der Waals surface area (Å²) in [6.07, 6.45) is 8.55. The molecule has 1 fully saturated rings. The Balaban J connectivity index is 1.81. The van der Waals surface area contributed by atoms with Crippen LogP contribution in [0.4, 0.5) is 0 Å². The SMILES string of the molecule is CCN(CC)CCO[C@H]1CCCC[C@@H]1Cc1ccccn1. The number of nitrogens with zero attached hydrogens (tertiary/aromatic N) is 2. The maximum Gasteiger partial charge on any atom is 0.0607 e. The molecule has 1 aliphatic rings. The third kappa shape index (κ3) is 5.40. The molecule has 1 aromatic heterocycles. The predicted octanol–water partition coefficient (Wildman–Crippen LogP) is 3.54. The third-order valence-corrected chi connectivity index (χ3v) is 4.67. The molecule has 0 spiro atoms. The highest BCUT2D eigenvalue weighted by Crippen LogP contribution is 2.29. The maximum atomic E-state index is 6.23. The van der Waals surface area contributed by atoms with Crippen molar-refractivity contribution in [3.05, 3.63) is 30.1 Å². The molecule has 0 amide bonds. The van der Waals surface area contributed by atoms with Crippen LogP contribution in [0, 0.1) is 5.92 Å². The monoisotopic (exact) mass is 290 g/mol. The van der Waals surface area contributed by atoms with E-state index in [1.165, 1.54) is 31.4 Å². The van der Waals surface area contributed by atoms with Crippen molar-refractivity contribution in [1.29, 1.82) is 0 Å². The number of rotatable bonds is 8. The van der Waals surface area contributed by atoms with Gasteiger partial charge in [0.05, 0.1) is 12.7 Å². The van der Waals surface area contributed by atoms with Crippen LogP contribution in [0.2, 0.25) is 0 Å². The van der Waals surface area contributed by atoms with E-state index < -0.39 is 0 Å². The van der Waals surface area contributed by atoms with Gasteiger partial charge in [-0.25, -0.2) is 0 Å². The van der Waals surface area contributed by atoms with Gasteiger partial charge < -0.3 is 9.64 Å². The van der Waals surface area contributed by atoms with E-state index in [0.717, 1.165) is 32.7 Å². The molecule has 0 N–H and O–H groups in total. The standard InChI is InChI=1S/C18H30N2O/c1-3-20(4-2)13-14-21-18-11-6-5-9-16(18)15-17-10-7-8-12-19-17/h7-8,10,12,16,18H,3-6,9,11,13-15H2,1-2H3/t16-,18+/m1/s1. The molecule has 1 saturated carbocycles. The van der Waals surface area contributed by atoms with Crippen molar-refractivity contribution in [3.8, 4) is 0 Å². The number of hydrogen-bond acceptors (Lipinski definition) is 3. The summed E-state index contributed by atoms with van der Waals surface area (Å²) in [5.74, 6) is 0.644. The molecule has 0 bridgehead atoms. The highest BCUT2D eigenvalue weighted by molar-refractivity contribution is 5.05. The van der Waals surface area contributed by atoms with Crippen molar-refractivity contribution in [2.75, 3.05) is 26.2 Å². The molecule has 21 heavy (non-hydrogen) atoms. The summed E-state index contributed by atoms with van der Waals surface area (Å²) in [6.45, 7) is 8.58. The van der Waals surface area contributed by atoms with Gasteiger partial charge in [0.2, 0.25) is 0 Å². The van der Waals surface area contributed by atoms with Gasteiger partial charge in [0.15, 0.2) is 0 Å². The van der Waals surface area contributed by atoms with Crippen LogP contribution in [-0.2, 0) is 11.2 Å². The zero-order chi connectivity index (χ0) is 14.9. The van der Waals surface area contributed by atoms with Gasteiger partial charge >= 0.3 is 0 Å². The average Bonchev–Trinajstić information content (AvgIpc) is 2.54. The first-order valence-corrected chi connectivity index (χ1v) is 8.57. The van der Waals surface area contributed by atoms with Gasteiger partial charge in [0, 0.05) is 18.4 Å². The molecule has 0 saturated heterocycles.